The van der Waals surface area contributed by atoms with E-state index in [-0.39, 0.29) is 46.3 Å². The van der Waals surface area contributed by atoms with Gasteiger partial charge in [-0.05, 0) is 49.4 Å². The van der Waals surface area contributed by atoms with E-state index >= 15 is 0 Å². The number of nitrogens with one attached hydrogen (secondary N) is 2. The third-order valence-electron chi connectivity index (χ3n) is 5.67. The zero-order valence-corrected chi connectivity index (χ0v) is 22.1. The number of carbonyl (C=O) groups is 4. The first kappa shape index (κ1) is 27.3. The topological polar surface area (TPSA) is 148 Å². The van der Waals surface area contributed by atoms with Crippen LogP contribution in [0.3, 0.4) is 0 Å². The van der Waals surface area contributed by atoms with Crippen LogP contribution in [-0.2, 0) is 19.6 Å². The number of imide groups is 1. The zero-order chi connectivity index (χ0) is 28.3. The highest BCUT2D eigenvalue weighted by Crippen LogP contribution is 2.31. The fourth-order valence-electron chi connectivity index (χ4n) is 3.89. The number of anilines is 2. The molecule has 0 aliphatic carbocycles. The van der Waals surface area contributed by atoms with Crippen LogP contribution < -0.4 is 19.5 Å². The summed E-state index contributed by atoms with van der Waals surface area (Å²) in [5, 5.41) is 3.03. The van der Waals surface area contributed by atoms with Crippen LogP contribution in [0.5, 0.6) is 11.5 Å². The van der Waals surface area contributed by atoms with Gasteiger partial charge in [0.1, 0.15) is 0 Å². The number of fused-ring (bicyclic) bond motifs is 1. The quantitative estimate of drug-likeness (QED) is 0.232. The van der Waals surface area contributed by atoms with Crippen LogP contribution >= 0.6 is 0 Å². The van der Waals surface area contributed by atoms with E-state index < -0.39 is 33.8 Å². The number of aryl methyl sites for hydroxylation is 1. The first-order chi connectivity index (χ1) is 18.4. The zero-order valence-electron chi connectivity index (χ0n) is 21.3. The average molecular weight is 552 g/mol. The van der Waals surface area contributed by atoms with Gasteiger partial charge in [0, 0.05) is 44.4 Å². The molecule has 3 aromatic carbocycles. The molecule has 1 heterocycles. The van der Waals surface area contributed by atoms with Crippen LogP contribution in [0.15, 0.2) is 65.6 Å². The highest BCUT2D eigenvalue weighted by atomic mass is 32.2. The fourth-order valence-corrected chi connectivity index (χ4v) is 4.94. The molecule has 39 heavy (non-hydrogen) atoms. The smallest absolute Gasteiger partial charge is 0.308 e. The predicted octanol–water partition coefficient (Wildman–Crippen LogP) is 3.35. The van der Waals surface area contributed by atoms with Gasteiger partial charge < -0.3 is 14.8 Å². The Hall–Kier alpha value is -4.71. The van der Waals surface area contributed by atoms with E-state index in [1.54, 1.807) is 18.2 Å². The summed E-state index contributed by atoms with van der Waals surface area (Å²) in [4.78, 5) is 49.7. The average Bonchev–Trinajstić information content (AvgIpc) is 3.09. The Bertz CT molecular complexity index is 1580. The number of benzene rings is 3. The van der Waals surface area contributed by atoms with E-state index in [0.29, 0.717) is 5.69 Å². The SMILES string of the molecule is CC(=O)Oc1ccc(NCCN2C(=O)c3ccc(NS(=O)(=O)c4ccc(C)cc4)cc3C2=O)cc1OC(C)=O. The van der Waals surface area contributed by atoms with Crippen molar-refractivity contribution in [2.75, 3.05) is 23.1 Å². The Labute approximate surface area is 224 Å². The number of carbonyl (C=O) groups excluding carboxylic acids is 4. The molecule has 202 valence electrons. The van der Waals surface area contributed by atoms with E-state index in [1.807, 2.05) is 6.92 Å². The highest BCUT2D eigenvalue weighted by molar-refractivity contribution is 7.92. The van der Waals surface area contributed by atoms with Crippen LogP contribution in [-0.4, -0.2) is 50.2 Å². The largest absolute Gasteiger partial charge is 0.423 e. The molecule has 0 spiro atoms. The van der Waals surface area contributed by atoms with Crippen molar-refractivity contribution in [3.63, 3.8) is 0 Å². The summed E-state index contributed by atoms with van der Waals surface area (Å²) in [6, 6.07) is 15.0. The number of ether oxygens (including phenoxy) is 2. The van der Waals surface area contributed by atoms with Crippen LogP contribution in [0.25, 0.3) is 0 Å². The molecule has 1 aliphatic rings. The number of hydrogen-bond acceptors (Lipinski definition) is 9. The lowest BCUT2D eigenvalue weighted by Gasteiger charge is -2.16. The molecular formula is C27H25N3O8S. The van der Waals surface area contributed by atoms with E-state index in [9.17, 15) is 27.6 Å². The minimum absolute atomic E-state index is 0.00533. The van der Waals surface area contributed by atoms with E-state index in [1.165, 1.54) is 56.3 Å². The van der Waals surface area contributed by atoms with Gasteiger partial charge in [0.2, 0.25) is 0 Å². The van der Waals surface area contributed by atoms with Gasteiger partial charge in [0.15, 0.2) is 11.5 Å². The van der Waals surface area contributed by atoms with Crippen LogP contribution in [0, 0.1) is 6.92 Å². The molecule has 0 fully saturated rings. The molecule has 12 heteroatoms. The fraction of sp³-hybridized carbons (Fsp3) is 0.185. The van der Waals surface area contributed by atoms with E-state index in [2.05, 4.69) is 10.0 Å². The normalized spacial score (nSPS) is 12.6. The lowest BCUT2D eigenvalue weighted by molar-refractivity contribution is -0.134. The van der Waals surface area contributed by atoms with Gasteiger partial charge >= 0.3 is 11.9 Å². The van der Waals surface area contributed by atoms with Gasteiger partial charge in [-0.15, -0.1) is 0 Å². The predicted molar refractivity (Wildman–Crippen MR) is 141 cm³/mol. The lowest BCUT2D eigenvalue weighted by atomic mass is 10.1. The Kier molecular flexibility index (Phi) is 7.68. The molecule has 2 amide bonds. The molecule has 0 saturated carbocycles. The van der Waals surface area contributed by atoms with Gasteiger partial charge in [-0.25, -0.2) is 8.42 Å². The molecule has 0 atom stereocenters. The van der Waals surface area contributed by atoms with E-state index in [4.69, 9.17) is 9.47 Å². The Balaban J connectivity index is 1.43. The summed E-state index contributed by atoms with van der Waals surface area (Å²) >= 11 is 0. The van der Waals surface area contributed by atoms with Crippen LogP contribution in [0.2, 0.25) is 0 Å². The summed E-state index contributed by atoms with van der Waals surface area (Å²) in [7, 11) is -3.89. The molecule has 1 aliphatic heterocycles. The van der Waals surface area contributed by atoms with Gasteiger partial charge in [-0.1, -0.05) is 17.7 Å². The summed E-state index contributed by atoms with van der Waals surface area (Å²) in [6.45, 7) is 4.43. The van der Waals surface area contributed by atoms with Crippen molar-refractivity contribution >= 4 is 45.2 Å². The molecule has 0 saturated heterocycles. The number of amides is 2. The van der Waals surface area contributed by atoms with Crippen molar-refractivity contribution in [3.05, 3.63) is 77.4 Å². The van der Waals surface area contributed by atoms with Crippen LogP contribution in [0.4, 0.5) is 11.4 Å². The van der Waals surface area contributed by atoms with Gasteiger partial charge in [0.05, 0.1) is 16.0 Å². The Morgan fingerprint density at radius 2 is 1.41 bits per heavy atom. The summed E-state index contributed by atoms with van der Waals surface area (Å²) in [6.07, 6.45) is 0. The van der Waals surface area contributed by atoms with Crippen molar-refractivity contribution < 1.29 is 37.1 Å². The molecule has 4 rings (SSSR count). The maximum absolute atomic E-state index is 13.0. The molecule has 11 nitrogen and oxygen atoms in total. The number of hydrogen-bond donors (Lipinski definition) is 2. The molecule has 0 aromatic heterocycles. The maximum Gasteiger partial charge on any atom is 0.308 e. The molecule has 3 aromatic rings. The molecule has 2 N–H and O–H groups in total. The Morgan fingerprint density at radius 1 is 0.795 bits per heavy atom. The standard InChI is InChI=1S/C27H25N3O8S/c1-16-4-8-21(9-5-16)39(35,36)29-20-6-10-22-23(14-20)27(34)30(26(22)33)13-12-28-19-7-11-24(37-17(2)31)25(15-19)38-18(3)32/h4-11,14-15,28-29H,12-13H2,1-3H3. The summed E-state index contributed by atoms with van der Waals surface area (Å²) in [5.74, 6) is -2.15. The first-order valence-electron chi connectivity index (χ1n) is 11.8. The number of nitrogens with zero attached hydrogens (tertiary/aromatic N) is 1. The minimum atomic E-state index is -3.89. The van der Waals surface area contributed by atoms with Crippen molar-refractivity contribution in [2.45, 2.75) is 25.7 Å². The second kappa shape index (κ2) is 11.0. The molecule has 0 unspecified atom stereocenters. The van der Waals surface area contributed by atoms with Crippen LogP contribution in [0.1, 0.15) is 40.1 Å². The number of esters is 2. The monoisotopic (exact) mass is 551 g/mol. The van der Waals surface area contributed by atoms with Gasteiger partial charge in [0.25, 0.3) is 21.8 Å². The molecular weight excluding hydrogens is 526 g/mol. The van der Waals surface area contributed by atoms with Gasteiger partial charge in [-0.2, -0.15) is 0 Å². The molecule has 0 bridgehead atoms. The second-order valence-corrected chi connectivity index (χ2v) is 10.4. The third-order valence-corrected chi connectivity index (χ3v) is 7.07. The minimum Gasteiger partial charge on any atom is -0.423 e. The number of sulfonamides is 1. The van der Waals surface area contributed by atoms with Gasteiger partial charge in [-0.3, -0.25) is 28.8 Å². The van der Waals surface area contributed by atoms with Crippen molar-refractivity contribution in [1.29, 1.82) is 0 Å². The van der Waals surface area contributed by atoms with Crippen molar-refractivity contribution in [3.8, 4) is 11.5 Å². The van der Waals surface area contributed by atoms with Crippen molar-refractivity contribution in [2.24, 2.45) is 0 Å². The number of rotatable bonds is 9. The van der Waals surface area contributed by atoms with Crippen molar-refractivity contribution in [1.82, 2.24) is 4.90 Å². The summed E-state index contributed by atoms with van der Waals surface area (Å²) in [5.41, 5.74) is 1.81. The maximum atomic E-state index is 13.0. The van der Waals surface area contributed by atoms with E-state index in [0.717, 1.165) is 10.5 Å². The first-order valence-corrected chi connectivity index (χ1v) is 13.3. The lowest BCUT2D eigenvalue weighted by Crippen LogP contribution is -2.34. The Morgan fingerprint density at radius 3 is 2.08 bits per heavy atom. The third kappa shape index (κ3) is 6.24. The summed E-state index contributed by atoms with van der Waals surface area (Å²) < 4.78 is 38.0. The second-order valence-electron chi connectivity index (χ2n) is 8.72. The highest BCUT2D eigenvalue weighted by Gasteiger charge is 2.35. The molecule has 0 radical (unpaired) electrons.